The second-order valence-electron chi connectivity index (χ2n) is 9.88. The molecular weight excluding hydrogens is 504 g/mol. The zero-order valence-electron chi connectivity index (χ0n) is 23.6. The summed E-state index contributed by atoms with van der Waals surface area (Å²) in [6, 6.07) is 23.0. The van der Waals surface area contributed by atoms with E-state index in [0.29, 0.717) is 52.9 Å². The van der Waals surface area contributed by atoms with Crippen molar-refractivity contribution in [3.05, 3.63) is 96.1 Å². The van der Waals surface area contributed by atoms with E-state index in [4.69, 9.17) is 23.9 Å². The van der Waals surface area contributed by atoms with Crippen LogP contribution >= 0.6 is 0 Å². The highest BCUT2D eigenvalue weighted by Crippen LogP contribution is 2.24. The molecule has 1 fully saturated rings. The molecule has 1 aliphatic heterocycles. The van der Waals surface area contributed by atoms with E-state index in [-0.39, 0.29) is 6.04 Å². The fourth-order valence-electron chi connectivity index (χ4n) is 4.85. The van der Waals surface area contributed by atoms with Crippen molar-refractivity contribution in [3.8, 4) is 0 Å². The van der Waals surface area contributed by atoms with E-state index in [1.807, 2.05) is 30.6 Å². The van der Waals surface area contributed by atoms with Gasteiger partial charge in [0.1, 0.15) is 0 Å². The predicted molar refractivity (Wildman–Crippen MR) is 156 cm³/mol. The van der Waals surface area contributed by atoms with Gasteiger partial charge in [-0.25, -0.2) is 0 Å². The summed E-state index contributed by atoms with van der Waals surface area (Å²) in [5.74, 6) is 0. The lowest BCUT2D eigenvalue weighted by atomic mass is 10.0. The predicted octanol–water partition coefficient (Wildman–Crippen LogP) is 4.03. The van der Waals surface area contributed by atoms with Gasteiger partial charge in [-0.3, -0.25) is 19.8 Å². The molecule has 3 heterocycles. The Morgan fingerprint density at radius 3 is 1.75 bits per heavy atom. The molecule has 0 saturated carbocycles. The van der Waals surface area contributed by atoms with E-state index < -0.39 is 0 Å². The van der Waals surface area contributed by atoms with Gasteiger partial charge >= 0.3 is 0 Å². The van der Waals surface area contributed by atoms with Crippen molar-refractivity contribution in [2.45, 2.75) is 25.4 Å². The van der Waals surface area contributed by atoms with E-state index in [0.717, 1.165) is 57.0 Å². The zero-order chi connectivity index (χ0) is 27.5. The number of hydrogen-bond acceptors (Lipinski definition) is 8. The molecule has 0 aliphatic carbocycles. The third-order valence-electron chi connectivity index (χ3n) is 7.02. The van der Waals surface area contributed by atoms with Crippen LogP contribution in [0.25, 0.3) is 0 Å². The Morgan fingerprint density at radius 2 is 1.18 bits per heavy atom. The van der Waals surface area contributed by atoms with Crippen molar-refractivity contribution < 1.29 is 18.9 Å². The molecule has 1 aliphatic rings. The number of ether oxygens (including phenoxy) is 4. The van der Waals surface area contributed by atoms with Crippen molar-refractivity contribution in [2.24, 2.45) is 0 Å². The summed E-state index contributed by atoms with van der Waals surface area (Å²) in [4.78, 5) is 14.0. The van der Waals surface area contributed by atoms with Gasteiger partial charge in [0.25, 0.3) is 0 Å². The Labute approximate surface area is 239 Å². The van der Waals surface area contributed by atoms with Crippen LogP contribution in [0.4, 0.5) is 0 Å². The summed E-state index contributed by atoms with van der Waals surface area (Å²) in [7, 11) is 0. The average Bonchev–Trinajstić information content (AvgIpc) is 3.00. The molecule has 8 nitrogen and oxygen atoms in total. The van der Waals surface area contributed by atoms with Gasteiger partial charge in [0.05, 0.1) is 70.3 Å². The molecule has 2 aromatic heterocycles. The van der Waals surface area contributed by atoms with Gasteiger partial charge in [-0.05, 0) is 42.7 Å². The molecular formula is C32H44N4O4. The number of rotatable bonds is 7. The monoisotopic (exact) mass is 548 g/mol. The Bertz CT molecular complexity index is 1010. The molecule has 40 heavy (non-hydrogen) atoms. The summed E-state index contributed by atoms with van der Waals surface area (Å²) in [6.45, 7) is 8.87. The van der Waals surface area contributed by atoms with Gasteiger partial charge in [0.15, 0.2) is 0 Å². The Morgan fingerprint density at radius 1 is 0.600 bits per heavy atom. The van der Waals surface area contributed by atoms with Gasteiger partial charge in [-0.15, -0.1) is 0 Å². The van der Waals surface area contributed by atoms with Crippen LogP contribution < -0.4 is 0 Å². The van der Waals surface area contributed by atoms with E-state index >= 15 is 0 Å². The third-order valence-corrected chi connectivity index (χ3v) is 7.02. The number of benzene rings is 1. The minimum Gasteiger partial charge on any atom is -0.378 e. The lowest BCUT2D eigenvalue weighted by Gasteiger charge is -2.31. The van der Waals surface area contributed by atoms with E-state index in [1.54, 1.807) is 0 Å². The largest absolute Gasteiger partial charge is 0.378 e. The average molecular weight is 549 g/mol. The third kappa shape index (κ3) is 11.4. The fourth-order valence-corrected chi connectivity index (χ4v) is 4.85. The standard InChI is InChI=1S/C32H44N4O4/c1-2-8-29(9-3-1)12-13-32(31-11-5-7-15-34-31)36-18-22-39-26-24-37-20-16-35(28-30-10-4-6-14-33-30)17-21-38-25-27-40-23-19-36/h1-11,14-15,32H,12-13,16-28H2. The van der Waals surface area contributed by atoms with Crippen LogP contribution in [0.3, 0.4) is 0 Å². The van der Waals surface area contributed by atoms with Crippen molar-refractivity contribution >= 4 is 0 Å². The molecule has 8 heteroatoms. The smallest absolute Gasteiger partial charge is 0.0701 e. The summed E-state index contributed by atoms with van der Waals surface area (Å²) < 4.78 is 23.8. The Kier molecular flexibility index (Phi) is 14.1. The Hall–Kier alpha value is -2.72. The van der Waals surface area contributed by atoms with Crippen LogP contribution in [0.1, 0.15) is 29.4 Å². The minimum absolute atomic E-state index is 0.178. The van der Waals surface area contributed by atoms with E-state index in [2.05, 4.69) is 63.3 Å². The lowest BCUT2D eigenvalue weighted by Crippen LogP contribution is -2.36. The second kappa shape index (κ2) is 18.6. The first-order chi connectivity index (χ1) is 19.9. The topological polar surface area (TPSA) is 69.2 Å². The van der Waals surface area contributed by atoms with Gasteiger partial charge in [0.2, 0.25) is 0 Å². The molecule has 1 aromatic carbocycles. The van der Waals surface area contributed by atoms with Crippen LogP contribution in [-0.2, 0) is 31.9 Å². The van der Waals surface area contributed by atoms with E-state index in [9.17, 15) is 0 Å². The molecule has 0 bridgehead atoms. The summed E-state index contributed by atoms with van der Waals surface area (Å²) in [5.41, 5.74) is 3.47. The molecule has 3 aromatic rings. The minimum atomic E-state index is 0.178. The van der Waals surface area contributed by atoms with Crippen LogP contribution in [0.5, 0.6) is 0 Å². The molecule has 1 unspecified atom stereocenters. The molecule has 4 rings (SSSR count). The van der Waals surface area contributed by atoms with Gasteiger partial charge < -0.3 is 18.9 Å². The second-order valence-corrected chi connectivity index (χ2v) is 9.88. The van der Waals surface area contributed by atoms with Crippen molar-refractivity contribution in [1.29, 1.82) is 0 Å². The SMILES string of the molecule is c1ccc(CCC(c2ccccn2)N2CCOCCOCCN(Cc3ccccn3)CCOCCOCC2)cc1. The number of aryl methyl sites for hydroxylation is 1. The summed E-state index contributed by atoms with van der Waals surface area (Å²) in [6.07, 6.45) is 5.68. The maximum absolute atomic E-state index is 6.01. The molecule has 0 N–H and O–H groups in total. The van der Waals surface area contributed by atoms with Crippen LogP contribution in [0, 0.1) is 0 Å². The van der Waals surface area contributed by atoms with E-state index in [1.165, 1.54) is 5.56 Å². The highest BCUT2D eigenvalue weighted by molar-refractivity contribution is 5.16. The van der Waals surface area contributed by atoms with Crippen LogP contribution in [-0.4, -0.2) is 98.8 Å². The molecule has 0 amide bonds. The highest BCUT2D eigenvalue weighted by atomic mass is 16.5. The first-order valence-corrected chi connectivity index (χ1v) is 14.5. The van der Waals surface area contributed by atoms with Crippen molar-refractivity contribution in [3.63, 3.8) is 0 Å². The summed E-state index contributed by atoms with van der Waals surface area (Å²) >= 11 is 0. The Balaban J connectivity index is 1.31. The number of aromatic nitrogens is 2. The lowest BCUT2D eigenvalue weighted by molar-refractivity contribution is 0.000469. The molecule has 0 spiro atoms. The fraction of sp³-hybridized carbons (Fsp3) is 0.500. The van der Waals surface area contributed by atoms with Crippen LogP contribution in [0.15, 0.2) is 79.1 Å². The molecule has 216 valence electrons. The van der Waals surface area contributed by atoms with Crippen molar-refractivity contribution in [2.75, 3.05) is 79.0 Å². The number of nitrogens with zero attached hydrogens (tertiary/aromatic N) is 4. The van der Waals surface area contributed by atoms with Crippen LogP contribution in [0.2, 0.25) is 0 Å². The first kappa shape index (κ1) is 30.2. The van der Waals surface area contributed by atoms with Crippen molar-refractivity contribution in [1.82, 2.24) is 19.8 Å². The molecule has 0 radical (unpaired) electrons. The maximum Gasteiger partial charge on any atom is 0.0701 e. The number of hydrogen-bond donors (Lipinski definition) is 0. The summed E-state index contributed by atoms with van der Waals surface area (Å²) in [5, 5.41) is 0. The maximum atomic E-state index is 6.01. The quantitative estimate of drug-likeness (QED) is 0.438. The molecule has 1 saturated heterocycles. The molecule has 1 atom stereocenters. The highest BCUT2D eigenvalue weighted by Gasteiger charge is 2.21. The normalized spacial score (nSPS) is 18.9. The van der Waals surface area contributed by atoms with Gasteiger partial charge in [-0.1, -0.05) is 42.5 Å². The first-order valence-electron chi connectivity index (χ1n) is 14.5. The zero-order valence-corrected chi connectivity index (χ0v) is 23.6. The van der Waals surface area contributed by atoms with Gasteiger partial charge in [0, 0.05) is 45.1 Å². The van der Waals surface area contributed by atoms with Gasteiger partial charge in [-0.2, -0.15) is 0 Å². The number of pyridine rings is 2.